The number of nitrogens with zero attached hydrogens (tertiary/aromatic N) is 4. The fraction of sp³-hybridized carbons (Fsp3) is 0.318. The third-order valence-electron chi connectivity index (χ3n) is 5.30. The highest BCUT2D eigenvalue weighted by atomic mass is 16.3. The lowest BCUT2D eigenvalue weighted by molar-refractivity contribution is 0.0670. The van der Waals surface area contributed by atoms with Crippen molar-refractivity contribution >= 4 is 17.6 Å². The van der Waals surface area contributed by atoms with E-state index in [9.17, 15) is 9.59 Å². The summed E-state index contributed by atoms with van der Waals surface area (Å²) in [6, 6.07) is 11.1. The third-order valence-corrected chi connectivity index (χ3v) is 5.30. The molecule has 0 atom stereocenters. The van der Waals surface area contributed by atoms with Crippen molar-refractivity contribution < 1.29 is 14.0 Å². The van der Waals surface area contributed by atoms with E-state index < -0.39 is 0 Å². The molecule has 0 bridgehead atoms. The molecule has 1 fully saturated rings. The minimum absolute atomic E-state index is 0.0494. The van der Waals surface area contributed by atoms with Crippen LogP contribution in [0.5, 0.6) is 0 Å². The molecular weight excluding hydrogens is 382 g/mol. The van der Waals surface area contributed by atoms with Gasteiger partial charge in [-0.15, -0.1) is 0 Å². The van der Waals surface area contributed by atoms with Crippen LogP contribution in [-0.4, -0.2) is 57.7 Å². The Morgan fingerprint density at radius 1 is 1.00 bits per heavy atom. The number of aryl methyl sites for hydroxylation is 3. The molecule has 0 aliphatic carbocycles. The van der Waals surface area contributed by atoms with E-state index in [1.165, 1.54) is 0 Å². The number of carbonyl (C=O) groups excluding carboxylic acids is 2. The lowest BCUT2D eigenvalue weighted by atomic mass is 10.2. The van der Waals surface area contributed by atoms with Crippen LogP contribution in [0.2, 0.25) is 0 Å². The molecule has 3 aromatic rings. The van der Waals surface area contributed by atoms with E-state index in [0.717, 1.165) is 17.1 Å². The molecule has 1 aliphatic rings. The summed E-state index contributed by atoms with van der Waals surface area (Å²) >= 11 is 0. The summed E-state index contributed by atoms with van der Waals surface area (Å²) in [7, 11) is 0. The first-order valence-corrected chi connectivity index (χ1v) is 9.95. The maximum Gasteiger partial charge on any atom is 0.321 e. The number of urea groups is 1. The van der Waals surface area contributed by atoms with Crippen molar-refractivity contribution in [3.8, 4) is 5.69 Å². The molecule has 1 aromatic carbocycles. The average molecular weight is 407 g/mol. The molecule has 4 rings (SSSR count). The Morgan fingerprint density at radius 2 is 1.73 bits per heavy atom. The van der Waals surface area contributed by atoms with Gasteiger partial charge in [-0.1, -0.05) is 6.07 Å². The van der Waals surface area contributed by atoms with Crippen molar-refractivity contribution in [2.75, 3.05) is 31.5 Å². The van der Waals surface area contributed by atoms with Crippen molar-refractivity contribution in [1.29, 1.82) is 0 Å². The molecular formula is C22H25N5O3. The molecule has 156 valence electrons. The zero-order valence-electron chi connectivity index (χ0n) is 17.4. The number of amides is 3. The van der Waals surface area contributed by atoms with Gasteiger partial charge in [-0.2, -0.15) is 5.10 Å². The molecule has 8 nitrogen and oxygen atoms in total. The van der Waals surface area contributed by atoms with Gasteiger partial charge < -0.3 is 19.5 Å². The van der Waals surface area contributed by atoms with Crippen LogP contribution in [0.1, 0.15) is 27.6 Å². The van der Waals surface area contributed by atoms with Crippen LogP contribution in [0.4, 0.5) is 10.5 Å². The first kappa shape index (κ1) is 19.8. The van der Waals surface area contributed by atoms with Crippen molar-refractivity contribution in [2.45, 2.75) is 20.8 Å². The second-order valence-electron chi connectivity index (χ2n) is 7.47. The van der Waals surface area contributed by atoms with Gasteiger partial charge in [-0.25, -0.2) is 9.48 Å². The Morgan fingerprint density at radius 3 is 2.37 bits per heavy atom. The zero-order chi connectivity index (χ0) is 21.3. The Labute approximate surface area is 175 Å². The summed E-state index contributed by atoms with van der Waals surface area (Å²) < 4.78 is 7.29. The SMILES string of the molecule is Cc1cc(C(=O)N2CCN(C(=O)Nc3cccc(-n4nccc4C)c3)CC2)c(C)o1. The highest BCUT2D eigenvalue weighted by Crippen LogP contribution is 2.19. The van der Waals surface area contributed by atoms with E-state index in [4.69, 9.17) is 4.42 Å². The number of hydrogen-bond donors (Lipinski definition) is 1. The number of carbonyl (C=O) groups is 2. The molecule has 3 amide bonds. The minimum Gasteiger partial charge on any atom is -0.466 e. The van der Waals surface area contributed by atoms with Gasteiger partial charge in [-0.3, -0.25) is 4.79 Å². The predicted octanol–water partition coefficient (Wildman–Crippen LogP) is 3.38. The second-order valence-corrected chi connectivity index (χ2v) is 7.47. The molecule has 0 unspecified atom stereocenters. The first-order chi connectivity index (χ1) is 14.4. The maximum absolute atomic E-state index is 12.7. The highest BCUT2D eigenvalue weighted by Gasteiger charge is 2.26. The second kappa shape index (κ2) is 8.06. The Kier molecular flexibility index (Phi) is 5.31. The molecule has 0 spiro atoms. The van der Waals surface area contributed by atoms with E-state index in [0.29, 0.717) is 43.2 Å². The number of rotatable bonds is 3. The standard InChI is InChI=1S/C22H25N5O3/c1-15-7-8-23-27(15)19-6-4-5-18(14-19)24-22(29)26-11-9-25(10-12-26)21(28)20-13-16(2)30-17(20)3/h4-8,13-14H,9-12H2,1-3H3,(H,24,29). The highest BCUT2D eigenvalue weighted by molar-refractivity contribution is 5.95. The predicted molar refractivity (Wildman–Crippen MR) is 113 cm³/mol. The Hall–Kier alpha value is -3.55. The van der Waals surface area contributed by atoms with Crippen LogP contribution >= 0.6 is 0 Å². The van der Waals surface area contributed by atoms with Gasteiger partial charge in [0, 0.05) is 43.8 Å². The van der Waals surface area contributed by atoms with Crippen LogP contribution in [0.3, 0.4) is 0 Å². The summed E-state index contributed by atoms with van der Waals surface area (Å²) in [4.78, 5) is 28.9. The fourth-order valence-electron chi connectivity index (χ4n) is 3.68. The molecule has 0 saturated carbocycles. The molecule has 8 heteroatoms. The Bertz CT molecular complexity index is 1080. The van der Waals surface area contributed by atoms with Crippen molar-refractivity contribution in [2.24, 2.45) is 0 Å². The van der Waals surface area contributed by atoms with E-state index in [-0.39, 0.29) is 11.9 Å². The fourth-order valence-corrected chi connectivity index (χ4v) is 3.68. The van der Waals surface area contributed by atoms with Gasteiger partial charge >= 0.3 is 6.03 Å². The number of furan rings is 1. The lowest BCUT2D eigenvalue weighted by Gasteiger charge is -2.34. The van der Waals surface area contributed by atoms with Gasteiger partial charge in [0.2, 0.25) is 0 Å². The van der Waals surface area contributed by atoms with Crippen LogP contribution in [-0.2, 0) is 0 Å². The average Bonchev–Trinajstić information content (AvgIpc) is 3.32. The molecule has 30 heavy (non-hydrogen) atoms. The molecule has 3 heterocycles. The Balaban J connectivity index is 1.36. The third kappa shape index (κ3) is 3.94. The lowest BCUT2D eigenvalue weighted by Crippen LogP contribution is -2.51. The molecule has 2 aromatic heterocycles. The number of aromatic nitrogens is 2. The minimum atomic E-state index is -0.174. The number of piperazine rings is 1. The number of hydrogen-bond acceptors (Lipinski definition) is 4. The van der Waals surface area contributed by atoms with E-state index in [1.54, 1.807) is 29.0 Å². The normalized spacial score (nSPS) is 14.1. The van der Waals surface area contributed by atoms with Gasteiger partial charge in [-0.05, 0) is 51.1 Å². The summed E-state index contributed by atoms with van der Waals surface area (Å²) in [5.41, 5.74) is 3.20. The molecule has 1 N–H and O–H groups in total. The number of benzene rings is 1. The van der Waals surface area contributed by atoms with Crippen molar-refractivity contribution in [1.82, 2.24) is 19.6 Å². The zero-order valence-corrected chi connectivity index (χ0v) is 17.4. The van der Waals surface area contributed by atoms with E-state index in [2.05, 4.69) is 10.4 Å². The van der Waals surface area contributed by atoms with E-state index >= 15 is 0 Å². The van der Waals surface area contributed by atoms with Crippen LogP contribution in [0, 0.1) is 20.8 Å². The van der Waals surface area contributed by atoms with Gasteiger partial charge in [0.1, 0.15) is 11.5 Å². The van der Waals surface area contributed by atoms with Crippen molar-refractivity contribution in [3.05, 3.63) is 65.4 Å². The monoisotopic (exact) mass is 407 g/mol. The largest absolute Gasteiger partial charge is 0.466 e. The summed E-state index contributed by atoms with van der Waals surface area (Å²) in [5, 5.41) is 7.25. The smallest absolute Gasteiger partial charge is 0.321 e. The first-order valence-electron chi connectivity index (χ1n) is 9.95. The summed E-state index contributed by atoms with van der Waals surface area (Å²) in [5.74, 6) is 1.30. The van der Waals surface area contributed by atoms with Crippen LogP contribution in [0.25, 0.3) is 5.69 Å². The summed E-state index contributed by atoms with van der Waals surface area (Å²) in [6.07, 6.45) is 1.74. The molecule has 1 aliphatic heterocycles. The quantitative estimate of drug-likeness (QED) is 0.721. The van der Waals surface area contributed by atoms with Crippen molar-refractivity contribution in [3.63, 3.8) is 0 Å². The van der Waals surface area contributed by atoms with Gasteiger partial charge in [0.15, 0.2) is 0 Å². The number of nitrogens with one attached hydrogen (secondary N) is 1. The van der Waals surface area contributed by atoms with Gasteiger partial charge in [0.25, 0.3) is 5.91 Å². The molecule has 1 saturated heterocycles. The number of anilines is 1. The van der Waals surface area contributed by atoms with E-state index in [1.807, 2.05) is 48.9 Å². The maximum atomic E-state index is 12.7. The summed E-state index contributed by atoms with van der Waals surface area (Å²) in [6.45, 7) is 7.53. The topological polar surface area (TPSA) is 83.6 Å². The van der Waals surface area contributed by atoms with Gasteiger partial charge in [0.05, 0.1) is 11.3 Å². The van der Waals surface area contributed by atoms with Crippen LogP contribution in [0.15, 0.2) is 47.0 Å². The van der Waals surface area contributed by atoms with Crippen LogP contribution < -0.4 is 5.32 Å². The molecule has 0 radical (unpaired) electrons.